The van der Waals surface area contributed by atoms with E-state index in [-0.39, 0.29) is 24.0 Å². The largest absolute Gasteiger partial charge is 0.488 e. The van der Waals surface area contributed by atoms with Crippen LogP contribution in [0.4, 0.5) is 5.69 Å². The van der Waals surface area contributed by atoms with E-state index in [2.05, 4.69) is 6.07 Å². The third-order valence-corrected chi connectivity index (χ3v) is 9.65. The Kier molecular flexibility index (Phi) is 7.19. The minimum Gasteiger partial charge on any atom is -0.488 e. The van der Waals surface area contributed by atoms with E-state index in [1.54, 1.807) is 22.6 Å². The zero-order chi connectivity index (χ0) is 35.0. The number of nitrogens with zero attached hydrogens (tertiary/aromatic N) is 3. The quantitative estimate of drug-likeness (QED) is 0.0997. The molecule has 0 spiro atoms. The van der Waals surface area contributed by atoms with Gasteiger partial charge in [0.15, 0.2) is 0 Å². The molecule has 9 aromatic rings. The predicted octanol–water partition coefficient (Wildman–Crippen LogP) is 10.3. The van der Waals surface area contributed by atoms with Crippen molar-refractivity contribution in [1.29, 1.82) is 0 Å². The van der Waals surface area contributed by atoms with Gasteiger partial charge in [0.2, 0.25) is 0 Å². The molecule has 0 saturated carbocycles. The van der Waals surface area contributed by atoms with E-state index in [1.807, 2.05) is 108 Å². The Morgan fingerprint density at radius 1 is 0.580 bits per heavy atom. The molecule has 0 atom stereocenters. The molecule has 7 aromatic carbocycles. The zero-order valence-electron chi connectivity index (χ0n) is 28.8. The molecule has 0 bridgehead atoms. The highest BCUT2D eigenvalue weighted by Crippen LogP contribution is 2.52. The molecule has 2 aliphatic heterocycles. The fourth-order valence-corrected chi connectivity index (χ4v) is 7.91. The molecule has 50 heavy (non-hydrogen) atoms. The van der Waals surface area contributed by atoms with Crippen molar-refractivity contribution in [3.63, 3.8) is 0 Å². The summed E-state index contributed by atoms with van der Waals surface area (Å²) in [6.07, 6.45) is 0. The van der Waals surface area contributed by atoms with Gasteiger partial charge in [0.05, 0.1) is 22.3 Å². The highest BCUT2D eigenvalue weighted by Gasteiger charge is 2.37. The molecule has 11 rings (SSSR count). The number of benzene rings is 7. The molecule has 2 aromatic heterocycles. The first-order valence-electron chi connectivity index (χ1n) is 17.5. The Bertz CT molecular complexity index is 2890. The number of pyridine rings is 1. The molecule has 0 saturated heterocycles. The summed E-state index contributed by atoms with van der Waals surface area (Å²) in [5.74, 6) is -0.115. The van der Waals surface area contributed by atoms with Crippen LogP contribution in [0.15, 0.2) is 95.8 Å². The van der Waals surface area contributed by atoms with Gasteiger partial charge < -0.3 is 4.74 Å². The second-order valence-electron chi connectivity index (χ2n) is 11.7. The standard InChI is InChI=1S/C37H17N3O4.3C2H6/c41-35-22-13-11-20-19-10-12-21-29-23(37(43)40-26-9-5-4-8-25(26)38-34(21)40)14-17-16-44-27-15-24(30(22)32(20)33(27)28(17)31(19)29)36(42)39(35)18-6-2-1-3-7-18;3*1-2/h1-15H,16H2;3*1-2H3. The molecule has 246 valence electrons. The van der Waals surface area contributed by atoms with Crippen LogP contribution >= 0.6 is 0 Å². The molecule has 0 radical (unpaired) electrons. The van der Waals surface area contributed by atoms with Crippen molar-refractivity contribution in [2.24, 2.45) is 0 Å². The number of anilines is 1. The number of aromatic nitrogens is 2. The van der Waals surface area contributed by atoms with Crippen molar-refractivity contribution < 1.29 is 14.3 Å². The molecule has 0 aliphatic carbocycles. The summed E-state index contributed by atoms with van der Waals surface area (Å²) in [6, 6.07) is 28.4. The summed E-state index contributed by atoms with van der Waals surface area (Å²) in [5, 5.41) is 8.64. The lowest BCUT2D eigenvalue weighted by molar-refractivity contribution is 0.0893. The number of carbonyl (C=O) groups excluding carboxylic acids is 2. The maximum absolute atomic E-state index is 14.2. The first-order chi connectivity index (χ1) is 24.6. The number of imide groups is 1. The van der Waals surface area contributed by atoms with Gasteiger partial charge in [-0.25, -0.2) is 9.88 Å². The fourth-order valence-electron chi connectivity index (χ4n) is 7.91. The average Bonchev–Trinajstić information content (AvgIpc) is 3.58. The molecule has 4 heterocycles. The van der Waals surface area contributed by atoms with Crippen LogP contribution in [0.3, 0.4) is 0 Å². The van der Waals surface area contributed by atoms with Gasteiger partial charge in [-0.05, 0) is 70.3 Å². The second-order valence-corrected chi connectivity index (χ2v) is 11.7. The first-order valence-corrected chi connectivity index (χ1v) is 17.5. The normalized spacial score (nSPS) is 13.2. The molecule has 0 fully saturated rings. The second kappa shape index (κ2) is 11.5. The van der Waals surface area contributed by atoms with Gasteiger partial charge in [0, 0.05) is 43.3 Å². The molecule has 7 nitrogen and oxygen atoms in total. The summed E-state index contributed by atoms with van der Waals surface area (Å²) in [6.45, 7) is 12.3. The van der Waals surface area contributed by atoms with Crippen molar-refractivity contribution in [2.75, 3.05) is 4.90 Å². The lowest BCUT2D eigenvalue weighted by atomic mass is 9.81. The molecule has 2 aliphatic rings. The Hall–Kier alpha value is -6.08. The van der Waals surface area contributed by atoms with Crippen LogP contribution < -0.4 is 15.2 Å². The first kappa shape index (κ1) is 31.2. The SMILES string of the molecule is CC.CC.CC.O=C1c2ccc3c4ccc5c6c(cc7c(c8c(cc(c2c38)C(=O)N1c1ccccc1)OC7)c46)c(=O)n1c2ccccc2nc51. The zero-order valence-corrected chi connectivity index (χ0v) is 28.8. The van der Waals surface area contributed by atoms with E-state index in [0.717, 1.165) is 59.7 Å². The van der Waals surface area contributed by atoms with E-state index in [0.29, 0.717) is 39.0 Å². The van der Waals surface area contributed by atoms with Crippen LogP contribution in [0.1, 0.15) is 67.8 Å². The summed E-state index contributed by atoms with van der Waals surface area (Å²) in [4.78, 5) is 48.3. The van der Waals surface area contributed by atoms with Crippen molar-refractivity contribution >= 4 is 88.0 Å². The van der Waals surface area contributed by atoms with Crippen LogP contribution in [-0.2, 0) is 6.61 Å². The Morgan fingerprint density at radius 3 is 1.98 bits per heavy atom. The number of para-hydroxylation sites is 3. The van der Waals surface area contributed by atoms with E-state index < -0.39 is 0 Å². The summed E-state index contributed by atoms with van der Waals surface area (Å²) in [5.41, 5.74) is 4.43. The lowest BCUT2D eigenvalue weighted by Gasteiger charge is -2.31. The Balaban J connectivity index is 0.000000574. The fraction of sp³-hybridized carbons (Fsp3) is 0.163. The van der Waals surface area contributed by atoms with Gasteiger partial charge in [-0.3, -0.25) is 18.8 Å². The Morgan fingerprint density at radius 2 is 1.22 bits per heavy atom. The topological polar surface area (TPSA) is 81.0 Å². The van der Waals surface area contributed by atoms with Crippen molar-refractivity contribution in [3.05, 3.63) is 118 Å². The summed E-state index contributed by atoms with van der Waals surface area (Å²) in [7, 11) is 0. The number of imidazole rings is 1. The molecule has 0 N–H and O–H groups in total. The third kappa shape index (κ3) is 3.80. The number of ether oxygens (including phenoxy) is 1. The number of amides is 2. The number of carbonyl (C=O) groups is 2. The van der Waals surface area contributed by atoms with Gasteiger partial charge >= 0.3 is 0 Å². The Labute approximate surface area is 288 Å². The summed E-state index contributed by atoms with van der Waals surface area (Å²) >= 11 is 0. The molecule has 0 unspecified atom stereocenters. The van der Waals surface area contributed by atoms with E-state index in [9.17, 15) is 14.4 Å². The van der Waals surface area contributed by atoms with E-state index in [1.165, 1.54) is 4.90 Å². The molecular weight excluding hydrogens is 622 g/mol. The van der Waals surface area contributed by atoms with Crippen LogP contribution in [0.5, 0.6) is 5.75 Å². The lowest BCUT2D eigenvalue weighted by Crippen LogP contribution is -2.40. The van der Waals surface area contributed by atoms with Gasteiger partial charge in [-0.2, -0.15) is 0 Å². The average molecular weight is 658 g/mol. The monoisotopic (exact) mass is 657 g/mol. The molecule has 2 amide bonds. The summed E-state index contributed by atoms with van der Waals surface area (Å²) < 4.78 is 8.09. The molecular formula is C43H35N3O4. The van der Waals surface area contributed by atoms with Gasteiger partial charge in [-0.1, -0.05) is 84.0 Å². The van der Waals surface area contributed by atoms with Gasteiger partial charge in [-0.15, -0.1) is 0 Å². The van der Waals surface area contributed by atoms with Gasteiger partial charge in [0.1, 0.15) is 18.0 Å². The maximum atomic E-state index is 14.2. The number of hydrogen-bond donors (Lipinski definition) is 0. The van der Waals surface area contributed by atoms with Gasteiger partial charge in [0.25, 0.3) is 17.4 Å². The minimum atomic E-state index is -0.372. The van der Waals surface area contributed by atoms with Crippen molar-refractivity contribution in [3.8, 4) is 5.75 Å². The van der Waals surface area contributed by atoms with Crippen LogP contribution in [0.25, 0.3) is 70.5 Å². The third-order valence-electron chi connectivity index (χ3n) is 9.65. The van der Waals surface area contributed by atoms with Crippen LogP contribution in [-0.4, -0.2) is 21.2 Å². The van der Waals surface area contributed by atoms with Crippen molar-refractivity contribution in [2.45, 2.75) is 48.1 Å². The predicted molar refractivity (Wildman–Crippen MR) is 205 cm³/mol. The number of fused-ring (bicyclic) bond motifs is 5. The maximum Gasteiger partial charge on any atom is 0.266 e. The van der Waals surface area contributed by atoms with Crippen molar-refractivity contribution in [1.82, 2.24) is 9.38 Å². The number of hydrogen-bond acceptors (Lipinski definition) is 5. The van der Waals surface area contributed by atoms with E-state index >= 15 is 0 Å². The smallest absolute Gasteiger partial charge is 0.266 e. The molecule has 7 heteroatoms. The van der Waals surface area contributed by atoms with Crippen LogP contribution in [0, 0.1) is 0 Å². The van der Waals surface area contributed by atoms with E-state index in [4.69, 9.17) is 9.72 Å². The highest BCUT2D eigenvalue weighted by atomic mass is 16.5. The van der Waals surface area contributed by atoms with Crippen LogP contribution in [0.2, 0.25) is 0 Å². The number of rotatable bonds is 1. The highest BCUT2D eigenvalue weighted by molar-refractivity contribution is 6.45. The minimum absolute atomic E-state index is 0.111.